The number of carboxylic acids is 1. The predicted octanol–water partition coefficient (Wildman–Crippen LogP) is 8.95. The lowest BCUT2D eigenvalue weighted by Crippen LogP contribution is -2.05. The number of hydrogen-bond donors (Lipinski definition) is 1. The highest BCUT2D eigenvalue weighted by Gasteiger charge is 2.29. The van der Waals surface area contributed by atoms with Gasteiger partial charge in [0.15, 0.2) is 0 Å². The lowest BCUT2D eigenvalue weighted by Gasteiger charge is -2.14. The van der Waals surface area contributed by atoms with Crippen LogP contribution >= 0.6 is 11.3 Å². The largest absolute Gasteiger partial charge is 0.489 e. The minimum absolute atomic E-state index is 0.0153. The zero-order valence-electron chi connectivity index (χ0n) is 22.7. The number of rotatable bonds is 12. The summed E-state index contributed by atoms with van der Waals surface area (Å²) in [6.45, 7) is 4.26. The maximum Gasteiger partial charge on any atom is 0.416 e. The summed E-state index contributed by atoms with van der Waals surface area (Å²) in [6, 6.07) is 17.8. The highest BCUT2D eigenvalue weighted by molar-refractivity contribution is 7.09. The number of aliphatic carboxylic acids is 1. The first-order valence-corrected chi connectivity index (χ1v) is 14.0. The maximum atomic E-state index is 12.9. The van der Waals surface area contributed by atoms with Gasteiger partial charge in [0.05, 0.1) is 16.3 Å². The number of carboxylic acid groups (broad SMARTS) is 1. The molecule has 1 aromatic heterocycles. The molecule has 0 fully saturated rings. The van der Waals surface area contributed by atoms with E-state index < -0.39 is 17.7 Å². The smallest absolute Gasteiger partial charge is 0.416 e. The topological polar surface area (TPSA) is 68.7 Å². The Morgan fingerprint density at radius 2 is 1.63 bits per heavy atom. The normalized spacial score (nSPS) is 11.9. The average molecular weight is 582 g/mol. The van der Waals surface area contributed by atoms with Crippen LogP contribution in [0.2, 0.25) is 0 Å². The van der Waals surface area contributed by atoms with E-state index in [1.54, 1.807) is 35.6 Å². The van der Waals surface area contributed by atoms with Crippen LogP contribution in [0, 0.1) is 6.92 Å². The molecule has 0 saturated carbocycles. The number of ether oxygens (including phenoxy) is 2. The average Bonchev–Trinajstić information content (AvgIpc) is 3.39. The molecule has 5 nitrogen and oxygen atoms in total. The number of nitrogens with zero attached hydrogens (tertiary/aromatic N) is 1. The Kier molecular flexibility index (Phi) is 9.83. The van der Waals surface area contributed by atoms with Crippen LogP contribution in [0.15, 0.2) is 77.7 Å². The van der Waals surface area contributed by atoms with Crippen molar-refractivity contribution in [2.45, 2.75) is 52.5 Å². The Bertz CT molecular complexity index is 1490. The summed E-state index contributed by atoms with van der Waals surface area (Å²) in [5, 5.41) is 12.8. The summed E-state index contributed by atoms with van der Waals surface area (Å²) in [5.74, 6) is -0.0955. The maximum absolute atomic E-state index is 12.9. The molecule has 214 valence electrons. The van der Waals surface area contributed by atoms with Crippen LogP contribution in [-0.2, 0) is 24.2 Å². The van der Waals surface area contributed by atoms with E-state index in [9.17, 15) is 23.1 Å². The Morgan fingerprint density at radius 3 is 2.22 bits per heavy atom. The number of carbonyl (C=O) groups is 1. The predicted molar refractivity (Wildman–Crippen MR) is 154 cm³/mol. The summed E-state index contributed by atoms with van der Waals surface area (Å²) in [6.07, 6.45) is -0.905. The molecule has 0 radical (unpaired) electrons. The van der Waals surface area contributed by atoms with Gasteiger partial charge in [-0.1, -0.05) is 49.7 Å². The van der Waals surface area contributed by atoms with Gasteiger partial charge >= 0.3 is 12.1 Å². The Labute approximate surface area is 240 Å². The molecule has 9 heteroatoms. The molecule has 4 aromatic rings. The van der Waals surface area contributed by atoms with Gasteiger partial charge in [-0.3, -0.25) is 0 Å². The molecule has 0 unspecified atom stereocenters. The van der Waals surface area contributed by atoms with Gasteiger partial charge in [-0.15, -0.1) is 11.3 Å². The third-order valence-corrected chi connectivity index (χ3v) is 7.11. The van der Waals surface area contributed by atoms with Crippen molar-refractivity contribution in [1.82, 2.24) is 4.98 Å². The van der Waals surface area contributed by atoms with E-state index in [1.807, 2.05) is 43.5 Å². The minimum Gasteiger partial charge on any atom is -0.489 e. The first kappa shape index (κ1) is 29.9. The van der Waals surface area contributed by atoms with E-state index in [4.69, 9.17) is 9.47 Å². The third kappa shape index (κ3) is 8.44. The Balaban J connectivity index is 1.52. The van der Waals surface area contributed by atoms with Crippen LogP contribution < -0.4 is 9.47 Å². The van der Waals surface area contributed by atoms with Gasteiger partial charge in [0.25, 0.3) is 0 Å². The highest BCUT2D eigenvalue weighted by atomic mass is 32.1. The quantitative estimate of drug-likeness (QED) is 0.169. The highest BCUT2D eigenvalue weighted by Crippen LogP contribution is 2.31. The van der Waals surface area contributed by atoms with E-state index >= 15 is 0 Å². The van der Waals surface area contributed by atoms with Crippen LogP contribution in [0.3, 0.4) is 0 Å². The van der Waals surface area contributed by atoms with Crippen molar-refractivity contribution in [2.24, 2.45) is 0 Å². The monoisotopic (exact) mass is 581 g/mol. The molecule has 0 amide bonds. The third-order valence-electron chi connectivity index (χ3n) is 6.34. The van der Waals surface area contributed by atoms with Crippen LogP contribution in [-0.4, -0.2) is 16.1 Å². The zero-order valence-corrected chi connectivity index (χ0v) is 23.5. The number of benzene rings is 3. The Morgan fingerprint density at radius 1 is 0.976 bits per heavy atom. The van der Waals surface area contributed by atoms with Crippen LogP contribution in [0.1, 0.15) is 53.4 Å². The fraction of sp³-hybridized carbons (Fsp3) is 0.250. The van der Waals surface area contributed by atoms with Crippen molar-refractivity contribution in [3.63, 3.8) is 0 Å². The summed E-state index contributed by atoms with van der Waals surface area (Å²) < 4.78 is 50.6. The van der Waals surface area contributed by atoms with Crippen LogP contribution in [0.4, 0.5) is 13.2 Å². The molecule has 0 aliphatic carbocycles. The molecule has 0 saturated heterocycles. The SMILES string of the molecule is CCCC/C(=C\c1cc(OCc2ccc(-c3csc(C)n3)cc2)ccc1OCc1ccc(C(F)(F)F)cc1)C(=O)O. The van der Waals surface area contributed by atoms with Crippen LogP contribution in [0.25, 0.3) is 17.3 Å². The number of aryl methyl sites for hydroxylation is 1. The summed E-state index contributed by atoms with van der Waals surface area (Å²) in [4.78, 5) is 16.4. The minimum atomic E-state index is -4.42. The van der Waals surface area contributed by atoms with Crippen molar-refractivity contribution >= 4 is 23.4 Å². The van der Waals surface area contributed by atoms with Gasteiger partial charge in [0.2, 0.25) is 0 Å². The van der Waals surface area contributed by atoms with Gasteiger partial charge in [-0.25, -0.2) is 9.78 Å². The van der Waals surface area contributed by atoms with E-state index in [-0.39, 0.29) is 12.2 Å². The lowest BCUT2D eigenvalue weighted by molar-refractivity contribution is -0.137. The summed E-state index contributed by atoms with van der Waals surface area (Å²) in [5.41, 5.74) is 3.46. The zero-order chi connectivity index (χ0) is 29.4. The van der Waals surface area contributed by atoms with Gasteiger partial charge in [-0.05, 0) is 67.3 Å². The van der Waals surface area contributed by atoms with Crippen molar-refractivity contribution in [3.8, 4) is 22.8 Å². The molecular weight excluding hydrogens is 551 g/mol. The number of hydrogen-bond acceptors (Lipinski definition) is 5. The molecule has 4 rings (SSSR count). The molecule has 3 aromatic carbocycles. The number of aromatic nitrogens is 1. The van der Waals surface area contributed by atoms with E-state index in [1.165, 1.54) is 12.1 Å². The van der Waals surface area contributed by atoms with Crippen molar-refractivity contribution in [2.75, 3.05) is 0 Å². The number of halogens is 3. The molecular formula is C32H30F3NO4S. The molecule has 0 bridgehead atoms. The first-order chi connectivity index (χ1) is 19.6. The van der Waals surface area contributed by atoms with Gasteiger partial charge < -0.3 is 14.6 Å². The van der Waals surface area contributed by atoms with Gasteiger partial charge in [-0.2, -0.15) is 13.2 Å². The molecule has 1 N–H and O–H groups in total. The van der Waals surface area contributed by atoms with Crippen molar-refractivity contribution in [1.29, 1.82) is 0 Å². The molecule has 0 aliphatic rings. The van der Waals surface area contributed by atoms with Crippen LogP contribution in [0.5, 0.6) is 11.5 Å². The summed E-state index contributed by atoms with van der Waals surface area (Å²) in [7, 11) is 0. The standard InChI is InChI=1S/C32H30F3NO4S/c1-3-4-5-25(31(37)38)16-26-17-28(39-18-22-6-10-24(11-7-22)29-20-41-21(2)36-29)14-15-30(26)40-19-23-8-12-27(13-9-23)32(33,34)35/h6-17,20H,3-5,18-19H2,1-2H3,(H,37,38)/b25-16+. The first-order valence-electron chi connectivity index (χ1n) is 13.1. The molecule has 0 atom stereocenters. The summed E-state index contributed by atoms with van der Waals surface area (Å²) >= 11 is 1.60. The number of alkyl halides is 3. The lowest BCUT2D eigenvalue weighted by atomic mass is 10.0. The molecule has 0 spiro atoms. The van der Waals surface area contributed by atoms with Crippen molar-refractivity contribution in [3.05, 3.63) is 105 Å². The second kappa shape index (κ2) is 13.5. The molecule has 1 heterocycles. The van der Waals surface area contributed by atoms with Gasteiger partial charge in [0, 0.05) is 22.1 Å². The second-order valence-electron chi connectivity index (χ2n) is 9.50. The molecule has 41 heavy (non-hydrogen) atoms. The fourth-order valence-corrected chi connectivity index (χ4v) is 4.66. The Hall–Kier alpha value is -4.11. The fourth-order valence-electron chi connectivity index (χ4n) is 4.04. The van der Waals surface area contributed by atoms with E-state index in [0.29, 0.717) is 42.1 Å². The van der Waals surface area contributed by atoms with E-state index in [2.05, 4.69) is 4.98 Å². The second-order valence-corrected chi connectivity index (χ2v) is 10.6. The van der Waals surface area contributed by atoms with Gasteiger partial charge in [0.1, 0.15) is 24.7 Å². The van der Waals surface area contributed by atoms with E-state index in [0.717, 1.165) is 40.4 Å². The number of unbranched alkanes of at least 4 members (excludes halogenated alkanes) is 1. The molecule has 0 aliphatic heterocycles. The number of thiazole rings is 1. The van der Waals surface area contributed by atoms with Crippen molar-refractivity contribution < 1.29 is 32.5 Å².